The second-order valence-corrected chi connectivity index (χ2v) is 5.58. The van der Waals surface area contributed by atoms with Gasteiger partial charge in [-0.15, -0.1) is 0 Å². The van der Waals surface area contributed by atoms with Crippen LogP contribution in [0.2, 0.25) is 0 Å². The molecule has 1 aliphatic heterocycles. The Morgan fingerprint density at radius 3 is 2.79 bits per heavy atom. The summed E-state index contributed by atoms with van der Waals surface area (Å²) < 4.78 is 0.578. The molecule has 0 aliphatic carbocycles. The maximum absolute atomic E-state index is 11.5. The van der Waals surface area contributed by atoms with Gasteiger partial charge >= 0.3 is 5.97 Å². The highest BCUT2D eigenvalue weighted by atomic mass is 79.9. The molecule has 0 saturated carbocycles. The number of carboxylic acid groups (broad SMARTS) is 1. The molecule has 0 amide bonds. The topological polar surface area (TPSA) is 92.5 Å². The van der Waals surface area contributed by atoms with Crippen LogP contribution in [0.1, 0.15) is 12.0 Å². The lowest BCUT2D eigenvalue weighted by Crippen LogP contribution is -2.35. The standard InChI is InChI=1S/C12H13BrN2O4/c13-10-5-9(15(18)19)2-1-8(10)6-12(11(16)17)3-4-14-7-12/h1-2,5,14H,3-4,6-7H2,(H,16,17). The Morgan fingerprint density at radius 2 is 2.32 bits per heavy atom. The SMILES string of the molecule is O=C(O)C1(Cc2ccc([N+](=O)[O-])cc2Br)CCNC1. The van der Waals surface area contributed by atoms with Gasteiger partial charge in [-0.1, -0.05) is 22.0 Å². The van der Waals surface area contributed by atoms with Crippen molar-refractivity contribution in [3.63, 3.8) is 0 Å². The molecule has 19 heavy (non-hydrogen) atoms. The van der Waals surface area contributed by atoms with Gasteiger partial charge in [0.1, 0.15) is 0 Å². The summed E-state index contributed by atoms with van der Waals surface area (Å²) in [5, 5.41) is 23.1. The number of nitrogens with zero attached hydrogens (tertiary/aromatic N) is 1. The molecule has 0 radical (unpaired) electrons. The Labute approximate surface area is 118 Å². The molecule has 7 heteroatoms. The third-order valence-corrected chi connectivity index (χ3v) is 4.21. The van der Waals surface area contributed by atoms with Gasteiger partial charge in [-0.05, 0) is 24.9 Å². The summed E-state index contributed by atoms with van der Waals surface area (Å²) in [5.41, 5.74) is -0.0557. The molecular weight excluding hydrogens is 316 g/mol. The maximum Gasteiger partial charge on any atom is 0.311 e. The second-order valence-electron chi connectivity index (χ2n) is 4.72. The number of rotatable bonds is 4. The van der Waals surface area contributed by atoms with Gasteiger partial charge in [0.05, 0.1) is 10.3 Å². The first kappa shape index (κ1) is 14.0. The molecule has 102 valence electrons. The summed E-state index contributed by atoms with van der Waals surface area (Å²) >= 11 is 3.28. The maximum atomic E-state index is 11.5. The molecule has 0 bridgehead atoms. The van der Waals surface area contributed by atoms with Crippen molar-refractivity contribution in [2.45, 2.75) is 12.8 Å². The van der Waals surface area contributed by atoms with Crippen LogP contribution in [0, 0.1) is 15.5 Å². The number of nitro groups is 1. The Bertz CT molecular complexity index is 526. The monoisotopic (exact) mass is 328 g/mol. The summed E-state index contributed by atoms with van der Waals surface area (Å²) in [5.74, 6) is -0.831. The highest BCUT2D eigenvalue weighted by molar-refractivity contribution is 9.10. The minimum Gasteiger partial charge on any atom is -0.481 e. The summed E-state index contributed by atoms with van der Waals surface area (Å²) in [6.45, 7) is 1.10. The summed E-state index contributed by atoms with van der Waals surface area (Å²) in [4.78, 5) is 21.6. The van der Waals surface area contributed by atoms with E-state index in [1.807, 2.05) is 0 Å². The lowest BCUT2D eigenvalue weighted by molar-refractivity contribution is -0.384. The van der Waals surface area contributed by atoms with E-state index in [2.05, 4.69) is 21.2 Å². The van der Waals surface area contributed by atoms with Crippen LogP contribution >= 0.6 is 15.9 Å². The first-order valence-electron chi connectivity index (χ1n) is 5.81. The first-order valence-corrected chi connectivity index (χ1v) is 6.61. The molecule has 1 atom stereocenters. The Hall–Kier alpha value is -1.47. The molecule has 1 aliphatic rings. The third kappa shape index (κ3) is 2.76. The normalized spacial score (nSPS) is 22.4. The smallest absolute Gasteiger partial charge is 0.311 e. The van der Waals surface area contributed by atoms with E-state index in [-0.39, 0.29) is 5.69 Å². The average molecular weight is 329 g/mol. The van der Waals surface area contributed by atoms with E-state index in [0.29, 0.717) is 30.4 Å². The highest BCUT2D eigenvalue weighted by Gasteiger charge is 2.41. The van der Waals surface area contributed by atoms with Crippen LogP contribution < -0.4 is 5.32 Å². The van der Waals surface area contributed by atoms with Crippen molar-refractivity contribution in [2.75, 3.05) is 13.1 Å². The van der Waals surface area contributed by atoms with Crippen molar-refractivity contribution in [3.05, 3.63) is 38.3 Å². The van der Waals surface area contributed by atoms with Crippen molar-refractivity contribution >= 4 is 27.6 Å². The van der Waals surface area contributed by atoms with Crippen LogP contribution in [0.25, 0.3) is 0 Å². The molecule has 0 spiro atoms. The zero-order chi connectivity index (χ0) is 14.0. The Kier molecular flexibility index (Phi) is 3.86. The minimum absolute atomic E-state index is 0.00968. The fourth-order valence-corrected chi connectivity index (χ4v) is 2.82. The predicted molar refractivity (Wildman–Crippen MR) is 72.1 cm³/mol. The Balaban J connectivity index is 2.28. The van der Waals surface area contributed by atoms with Gasteiger partial charge in [0.15, 0.2) is 0 Å². The number of halogens is 1. The second kappa shape index (κ2) is 5.26. The average Bonchev–Trinajstić information content (AvgIpc) is 2.81. The van der Waals surface area contributed by atoms with Gasteiger partial charge in [-0.2, -0.15) is 0 Å². The lowest BCUT2D eigenvalue weighted by Gasteiger charge is -2.23. The van der Waals surface area contributed by atoms with Gasteiger partial charge in [-0.25, -0.2) is 0 Å². The van der Waals surface area contributed by atoms with E-state index in [9.17, 15) is 20.0 Å². The molecule has 1 fully saturated rings. The van der Waals surface area contributed by atoms with Gasteiger partial charge in [0, 0.05) is 23.2 Å². The van der Waals surface area contributed by atoms with E-state index in [1.54, 1.807) is 6.07 Å². The fraction of sp³-hybridized carbons (Fsp3) is 0.417. The molecule has 1 aromatic rings. The number of nitro benzene ring substituents is 1. The number of carboxylic acids is 1. The van der Waals surface area contributed by atoms with Crippen LogP contribution in [0.5, 0.6) is 0 Å². The predicted octanol–water partition coefficient (Wildman–Crippen LogP) is 1.96. The number of carbonyl (C=O) groups is 1. The van der Waals surface area contributed by atoms with Gasteiger partial charge in [0.2, 0.25) is 0 Å². The van der Waals surface area contributed by atoms with Gasteiger partial charge in [-0.3, -0.25) is 14.9 Å². The van der Waals surface area contributed by atoms with Crippen LogP contribution in [-0.2, 0) is 11.2 Å². The van der Waals surface area contributed by atoms with Gasteiger partial charge < -0.3 is 10.4 Å². The van der Waals surface area contributed by atoms with E-state index < -0.39 is 16.3 Å². The molecule has 1 heterocycles. The van der Waals surface area contributed by atoms with E-state index in [1.165, 1.54) is 12.1 Å². The molecule has 1 saturated heterocycles. The van der Waals surface area contributed by atoms with Gasteiger partial charge in [0.25, 0.3) is 5.69 Å². The quantitative estimate of drug-likeness (QED) is 0.651. The Morgan fingerprint density at radius 1 is 1.58 bits per heavy atom. The molecule has 2 rings (SSSR count). The van der Waals surface area contributed by atoms with E-state index in [0.717, 1.165) is 5.56 Å². The number of hydrogen-bond acceptors (Lipinski definition) is 4. The zero-order valence-electron chi connectivity index (χ0n) is 10.1. The number of aliphatic carboxylic acids is 1. The summed E-state index contributed by atoms with van der Waals surface area (Å²) in [7, 11) is 0. The first-order chi connectivity index (χ1) is 8.94. The van der Waals surface area contributed by atoms with Crippen molar-refractivity contribution in [1.82, 2.24) is 5.32 Å². The molecule has 2 N–H and O–H groups in total. The van der Waals surface area contributed by atoms with Crippen molar-refractivity contribution < 1.29 is 14.8 Å². The van der Waals surface area contributed by atoms with Crippen molar-refractivity contribution in [3.8, 4) is 0 Å². The van der Waals surface area contributed by atoms with Crippen LogP contribution in [0.15, 0.2) is 22.7 Å². The van der Waals surface area contributed by atoms with Crippen molar-refractivity contribution in [2.24, 2.45) is 5.41 Å². The molecule has 6 nitrogen and oxygen atoms in total. The number of benzene rings is 1. The zero-order valence-corrected chi connectivity index (χ0v) is 11.6. The van der Waals surface area contributed by atoms with Crippen LogP contribution in [0.3, 0.4) is 0 Å². The van der Waals surface area contributed by atoms with Crippen LogP contribution in [0.4, 0.5) is 5.69 Å². The number of nitrogens with one attached hydrogen (secondary N) is 1. The van der Waals surface area contributed by atoms with Crippen molar-refractivity contribution in [1.29, 1.82) is 0 Å². The fourth-order valence-electron chi connectivity index (χ4n) is 2.31. The van der Waals surface area contributed by atoms with Crippen LogP contribution in [-0.4, -0.2) is 29.1 Å². The number of hydrogen-bond donors (Lipinski definition) is 2. The molecule has 1 unspecified atom stereocenters. The largest absolute Gasteiger partial charge is 0.481 e. The third-order valence-electron chi connectivity index (χ3n) is 3.47. The minimum atomic E-state index is -0.831. The van der Waals surface area contributed by atoms with E-state index >= 15 is 0 Å². The molecule has 1 aromatic carbocycles. The number of non-ortho nitro benzene ring substituents is 1. The van der Waals surface area contributed by atoms with E-state index in [4.69, 9.17) is 0 Å². The molecular formula is C12H13BrN2O4. The summed E-state index contributed by atoms with van der Waals surface area (Å²) in [6, 6.07) is 4.43. The highest BCUT2D eigenvalue weighted by Crippen LogP contribution is 2.34. The summed E-state index contributed by atoms with van der Waals surface area (Å²) in [6.07, 6.45) is 0.916. The molecule has 0 aromatic heterocycles. The lowest BCUT2D eigenvalue weighted by atomic mass is 9.81.